The molecule has 1 heterocycles. The molecule has 1 aliphatic heterocycles. The van der Waals surface area contributed by atoms with Crippen LogP contribution in [-0.4, -0.2) is 56.5 Å². The minimum atomic E-state index is -4.38. The molecule has 0 radical (unpaired) electrons. The number of rotatable bonds is 3. The zero-order valence-corrected chi connectivity index (χ0v) is 8.05. The van der Waals surface area contributed by atoms with Crippen molar-refractivity contribution in [2.45, 2.75) is 6.18 Å². The Morgan fingerprint density at radius 3 is 2.47 bits per heavy atom. The molecule has 88 valence electrons. The second-order valence-corrected chi connectivity index (χ2v) is 3.10. The number of carbonyl (C=O) groups is 1. The predicted octanol–water partition coefficient (Wildman–Crippen LogP) is 0.424. The first-order valence-corrected chi connectivity index (χ1v) is 4.49. The van der Waals surface area contributed by atoms with Gasteiger partial charge in [-0.1, -0.05) is 0 Å². The molecule has 4 nitrogen and oxygen atoms in total. The summed E-state index contributed by atoms with van der Waals surface area (Å²) in [7, 11) is 0. The Balaban J connectivity index is 2.17. The molecule has 1 fully saturated rings. The summed E-state index contributed by atoms with van der Waals surface area (Å²) >= 11 is 0. The van der Waals surface area contributed by atoms with E-state index in [1.54, 1.807) is 0 Å². The lowest BCUT2D eigenvalue weighted by molar-refractivity contribution is -0.178. The van der Waals surface area contributed by atoms with Crippen molar-refractivity contribution in [1.82, 2.24) is 4.90 Å². The Morgan fingerprint density at radius 2 is 1.93 bits per heavy atom. The van der Waals surface area contributed by atoms with Crippen LogP contribution in [0.4, 0.5) is 13.2 Å². The van der Waals surface area contributed by atoms with Crippen molar-refractivity contribution < 1.29 is 27.4 Å². The lowest BCUT2D eigenvalue weighted by Crippen LogP contribution is -2.42. The van der Waals surface area contributed by atoms with Gasteiger partial charge in [0.1, 0.15) is 13.2 Å². The van der Waals surface area contributed by atoms with E-state index < -0.39 is 25.3 Å². The second-order valence-electron chi connectivity index (χ2n) is 3.10. The number of hydrogen-bond acceptors (Lipinski definition) is 3. The predicted molar refractivity (Wildman–Crippen MR) is 44.3 cm³/mol. The van der Waals surface area contributed by atoms with Crippen LogP contribution in [0.5, 0.6) is 0 Å². The van der Waals surface area contributed by atoms with Gasteiger partial charge in [0.15, 0.2) is 0 Å². The van der Waals surface area contributed by atoms with Gasteiger partial charge in [0, 0.05) is 13.1 Å². The van der Waals surface area contributed by atoms with Gasteiger partial charge in [-0.05, 0) is 0 Å². The molecule has 1 saturated heterocycles. The van der Waals surface area contributed by atoms with Gasteiger partial charge in [-0.3, -0.25) is 4.79 Å². The maximum Gasteiger partial charge on any atom is 0.411 e. The highest BCUT2D eigenvalue weighted by molar-refractivity contribution is 5.77. The molecule has 15 heavy (non-hydrogen) atoms. The van der Waals surface area contributed by atoms with Crippen molar-refractivity contribution in [3.05, 3.63) is 0 Å². The number of alkyl halides is 3. The Kier molecular flexibility index (Phi) is 4.34. The molecule has 7 heteroatoms. The zero-order chi connectivity index (χ0) is 11.3. The molecule has 0 spiro atoms. The second kappa shape index (κ2) is 5.32. The van der Waals surface area contributed by atoms with Crippen molar-refractivity contribution in [1.29, 1.82) is 0 Å². The van der Waals surface area contributed by atoms with E-state index in [0.717, 1.165) is 0 Å². The summed E-state index contributed by atoms with van der Waals surface area (Å²) in [6, 6.07) is 0. The Hall–Kier alpha value is -0.820. The van der Waals surface area contributed by atoms with Crippen molar-refractivity contribution in [2.75, 3.05) is 39.5 Å². The summed E-state index contributed by atoms with van der Waals surface area (Å²) in [4.78, 5) is 12.7. The van der Waals surface area contributed by atoms with E-state index in [9.17, 15) is 18.0 Å². The normalized spacial score (nSPS) is 17.9. The first kappa shape index (κ1) is 12.3. The Bertz CT molecular complexity index is 214. The lowest BCUT2D eigenvalue weighted by atomic mass is 10.4. The third kappa shape index (κ3) is 4.98. The molecule has 0 atom stereocenters. The fourth-order valence-electron chi connectivity index (χ4n) is 1.16. The fourth-order valence-corrected chi connectivity index (χ4v) is 1.16. The number of ether oxygens (including phenoxy) is 2. The van der Waals surface area contributed by atoms with Gasteiger partial charge in [-0.15, -0.1) is 0 Å². The number of hydrogen-bond donors (Lipinski definition) is 0. The molecular formula is C8H12F3NO3. The number of carbonyl (C=O) groups excluding carboxylic acids is 1. The molecule has 0 bridgehead atoms. The van der Waals surface area contributed by atoms with Crippen LogP contribution >= 0.6 is 0 Å². The molecule has 1 rings (SSSR count). The highest BCUT2D eigenvalue weighted by Gasteiger charge is 2.28. The average molecular weight is 227 g/mol. The van der Waals surface area contributed by atoms with Crippen LogP contribution in [-0.2, 0) is 14.3 Å². The first-order valence-electron chi connectivity index (χ1n) is 4.49. The van der Waals surface area contributed by atoms with Gasteiger partial charge >= 0.3 is 6.18 Å². The smallest absolute Gasteiger partial charge is 0.378 e. The van der Waals surface area contributed by atoms with Crippen molar-refractivity contribution in [3.8, 4) is 0 Å². The molecular weight excluding hydrogens is 215 g/mol. The Morgan fingerprint density at radius 1 is 1.33 bits per heavy atom. The summed E-state index contributed by atoms with van der Waals surface area (Å²) in [6.07, 6.45) is -4.38. The fraction of sp³-hybridized carbons (Fsp3) is 0.875. The first-order chi connectivity index (χ1) is 6.99. The molecule has 0 N–H and O–H groups in total. The molecule has 1 amide bonds. The quantitative estimate of drug-likeness (QED) is 0.701. The van der Waals surface area contributed by atoms with E-state index in [1.807, 2.05) is 0 Å². The number of morpholine rings is 1. The van der Waals surface area contributed by atoms with Crippen molar-refractivity contribution in [2.24, 2.45) is 0 Å². The summed E-state index contributed by atoms with van der Waals surface area (Å²) in [5.74, 6) is -0.428. The van der Waals surface area contributed by atoms with Crippen LogP contribution in [0.25, 0.3) is 0 Å². The van der Waals surface area contributed by atoms with Gasteiger partial charge in [0.05, 0.1) is 13.2 Å². The maximum atomic E-state index is 11.7. The number of amides is 1. The molecule has 0 saturated carbocycles. The topological polar surface area (TPSA) is 38.8 Å². The molecule has 0 aromatic rings. The van der Waals surface area contributed by atoms with Crippen molar-refractivity contribution in [3.63, 3.8) is 0 Å². The highest BCUT2D eigenvalue weighted by atomic mass is 19.4. The van der Waals surface area contributed by atoms with E-state index in [4.69, 9.17) is 4.74 Å². The molecule has 0 unspecified atom stereocenters. The zero-order valence-electron chi connectivity index (χ0n) is 8.05. The van der Waals surface area contributed by atoms with Gasteiger partial charge in [0.25, 0.3) is 0 Å². The molecule has 0 aliphatic carbocycles. The summed E-state index contributed by atoms with van der Waals surface area (Å²) in [6.45, 7) is -0.249. The van der Waals surface area contributed by atoms with Gasteiger partial charge in [-0.25, -0.2) is 0 Å². The number of halogens is 3. The highest BCUT2D eigenvalue weighted by Crippen LogP contribution is 2.14. The van der Waals surface area contributed by atoms with Gasteiger partial charge < -0.3 is 14.4 Å². The molecule has 0 aromatic carbocycles. The van der Waals surface area contributed by atoms with Crippen LogP contribution in [0.1, 0.15) is 0 Å². The third-order valence-electron chi connectivity index (χ3n) is 1.86. The van der Waals surface area contributed by atoms with Crippen molar-refractivity contribution >= 4 is 5.91 Å². The standard InChI is InChI=1S/C8H12F3NO3/c9-8(10,11)6-15-5-7(13)12-1-3-14-4-2-12/h1-6H2. The van der Waals surface area contributed by atoms with E-state index in [0.29, 0.717) is 26.3 Å². The maximum absolute atomic E-state index is 11.7. The average Bonchev–Trinajstić information content (AvgIpc) is 2.17. The van der Waals surface area contributed by atoms with E-state index in [2.05, 4.69) is 4.74 Å². The monoisotopic (exact) mass is 227 g/mol. The van der Waals surface area contributed by atoms with E-state index in [1.165, 1.54) is 4.90 Å². The van der Waals surface area contributed by atoms with Crippen LogP contribution in [0, 0.1) is 0 Å². The Labute approximate surface area is 84.9 Å². The largest absolute Gasteiger partial charge is 0.411 e. The minimum absolute atomic E-state index is 0.411. The van der Waals surface area contributed by atoms with Crippen LogP contribution in [0.15, 0.2) is 0 Å². The molecule has 1 aliphatic rings. The SMILES string of the molecule is O=C(COCC(F)(F)F)N1CCOCC1. The van der Waals surface area contributed by atoms with Gasteiger partial charge in [0.2, 0.25) is 5.91 Å². The van der Waals surface area contributed by atoms with Crippen LogP contribution < -0.4 is 0 Å². The lowest BCUT2D eigenvalue weighted by Gasteiger charge is -2.26. The summed E-state index contributed by atoms with van der Waals surface area (Å²) in [5, 5.41) is 0. The van der Waals surface area contributed by atoms with E-state index in [-0.39, 0.29) is 0 Å². The van der Waals surface area contributed by atoms with Crippen LogP contribution in [0.3, 0.4) is 0 Å². The number of nitrogens with zero attached hydrogens (tertiary/aromatic N) is 1. The van der Waals surface area contributed by atoms with Crippen LogP contribution in [0.2, 0.25) is 0 Å². The summed E-state index contributed by atoms with van der Waals surface area (Å²) in [5.41, 5.74) is 0. The summed E-state index contributed by atoms with van der Waals surface area (Å²) < 4.78 is 44.3. The van der Waals surface area contributed by atoms with E-state index >= 15 is 0 Å². The molecule has 0 aromatic heterocycles. The van der Waals surface area contributed by atoms with Gasteiger partial charge in [-0.2, -0.15) is 13.2 Å². The minimum Gasteiger partial charge on any atom is -0.378 e. The third-order valence-corrected chi connectivity index (χ3v) is 1.86.